The van der Waals surface area contributed by atoms with Crippen LogP contribution in [0.15, 0.2) is 18.2 Å². The molecule has 1 fully saturated rings. The monoisotopic (exact) mass is 297 g/mol. The molecule has 0 spiro atoms. The van der Waals surface area contributed by atoms with E-state index in [0.717, 1.165) is 16.9 Å². The van der Waals surface area contributed by atoms with Crippen molar-refractivity contribution in [2.45, 2.75) is 24.8 Å². The summed E-state index contributed by atoms with van der Waals surface area (Å²) in [6.45, 7) is 2.49. The van der Waals surface area contributed by atoms with Gasteiger partial charge in [-0.15, -0.1) is 11.6 Å². The number of benzene rings is 1. The number of imidazole rings is 1. The number of halogens is 2. The first kappa shape index (κ1) is 12.8. The van der Waals surface area contributed by atoms with E-state index in [-0.39, 0.29) is 17.3 Å². The number of amides is 1. The van der Waals surface area contributed by atoms with Crippen molar-refractivity contribution in [3.8, 4) is 0 Å². The number of carbonyl (C=O) groups excluding carboxylic acids is 1. The van der Waals surface area contributed by atoms with E-state index in [2.05, 4.69) is 14.9 Å². The Kier molecular flexibility index (Phi) is 3.15. The zero-order chi connectivity index (χ0) is 13.6. The number of alkyl halides is 1. The van der Waals surface area contributed by atoms with Crippen molar-refractivity contribution >= 4 is 40.1 Å². The third kappa shape index (κ3) is 2.19. The molecule has 1 N–H and O–H groups in total. The normalized spacial score (nSPS) is 20.8. The van der Waals surface area contributed by atoms with Crippen LogP contribution >= 0.6 is 23.2 Å². The highest BCUT2D eigenvalue weighted by atomic mass is 35.5. The van der Waals surface area contributed by atoms with E-state index < -0.39 is 0 Å². The first-order valence-corrected chi connectivity index (χ1v) is 6.96. The summed E-state index contributed by atoms with van der Waals surface area (Å²) in [5.74, 6) is 0.842. The minimum Gasteiger partial charge on any atom is -0.354 e. The van der Waals surface area contributed by atoms with Crippen LogP contribution < -0.4 is 5.32 Å². The highest BCUT2D eigenvalue weighted by molar-refractivity contribution is 6.31. The second-order valence-electron chi connectivity index (χ2n) is 4.75. The van der Waals surface area contributed by atoms with E-state index >= 15 is 0 Å². The van der Waals surface area contributed by atoms with E-state index in [1.807, 2.05) is 25.1 Å². The molecule has 2 unspecified atom stereocenters. The maximum absolute atomic E-state index is 11.4. The summed E-state index contributed by atoms with van der Waals surface area (Å²) >= 11 is 12.2. The van der Waals surface area contributed by atoms with Crippen LogP contribution in [0.2, 0.25) is 5.02 Å². The van der Waals surface area contributed by atoms with Gasteiger partial charge in [-0.3, -0.25) is 4.79 Å². The SMILES string of the molecule is CC(Cl)c1nc2cc(Cl)ccc2n1C1CNC(=O)C1. The summed E-state index contributed by atoms with van der Waals surface area (Å²) in [6, 6.07) is 5.64. The topological polar surface area (TPSA) is 46.9 Å². The number of nitrogens with zero attached hydrogens (tertiary/aromatic N) is 2. The zero-order valence-electron chi connectivity index (χ0n) is 10.4. The maximum atomic E-state index is 11.4. The Hall–Kier alpha value is -1.26. The molecule has 100 valence electrons. The summed E-state index contributed by atoms with van der Waals surface area (Å²) in [7, 11) is 0. The Labute approximate surface area is 120 Å². The maximum Gasteiger partial charge on any atom is 0.222 e. The molecule has 3 rings (SSSR count). The Morgan fingerprint density at radius 2 is 2.32 bits per heavy atom. The van der Waals surface area contributed by atoms with Gasteiger partial charge in [-0.1, -0.05) is 11.6 Å². The van der Waals surface area contributed by atoms with Gasteiger partial charge in [0.1, 0.15) is 5.82 Å². The number of rotatable bonds is 2. The van der Waals surface area contributed by atoms with Crippen molar-refractivity contribution in [1.82, 2.24) is 14.9 Å². The van der Waals surface area contributed by atoms with Crippen molar-refractivity contribution in [3.05, 3.63) is 29.0 Å². The van der Waals surface area contributed by atoms with Gasteiger partial charge in [0.2, 0.25) is 5.91 Å². The molecule has 1 aromatic carbocycles. The molecule has 1 aliphatic rings. The molecule has 0 saturated carbocycles. The molecule has 0 aliphatic carbocycles. The summed E-state index contributed by atoms with van der Waals surface area (Å²) in [5.41, 5.74) is 1.78. The number of carbonyl (C=O) groups is 1. The van der Waals surface area contributed by atoms with Crippen molar-refractivity contribution in [1.29, 1.82) is 0 Å². The van der Waals surface area contributed by atoms with Crippen LogP contribution in [0.4, 0.5) is 0 Å². The molecule has 2 atom stereocenters. The smallest absolute Gasteiger partial charge is 0.222 e. The fourth-order valence-electron chi connectivity index (χ4n) is 2.53. The highest BCUT2D eigenvalue weighted by Gasteiger charge is 2.28. The zero-order valence-corrected chi connectivity index (χ0v) is 11.9. The summed E-state index contributed by atoms with van der Waals surface area (Å²) in [5, 5.41) is 3.27. The molecular weight excluding hydrogens is 285 g/mol. The van der Waals surface area contributed by atoms with Gasteiger partial charge < -0.3 is 9.88 Å². The number of fused-ring (bicyclic) bond motifs is 1. The first-order valence-electron chi connectivity index (χ1n) is 6.14. The minimum absolute atomic E-state index is 0.0639. The van der Waals surface area contributed by atoms with Crippen LogP contribution in [0.1, 0.15) is 30.6 Å². The van der Waals surface area contributed by atoms with Gasteiger partial charge >= 0.3 is 0 Å². The van der Waals surface area contributed by atoms with Crippen LogP contribution in [0.5, 0.6) is 0 Å². The Morgan fingerprint density at radius 3 is 2.95 bits per heavy atom. The third-order valence-corrected chi connectivity index (χ3v) is 3.79. The molecule has 1 amide bonds. The van der Waals surface area contributed by atoms with Crippen molar-refractivity contribution in [2.24, 2.45) is 0 Å². The number of nitrogens with one attached hydrogen (secondary N) is 1. The number of hydrogen-bond acceptors (Lipinski definition) is 2. The molecule has 6 heteroatoms. The fourth-order valence-corrected chi connectivity index (χ4v) is 2.85. The van der Waals surface area contributed by atoms with Crippen molar-refractivity contribution in [3.63, 3.8) is 0 Å². The predicted octanol–water partition coefficient (Wildman–Crippen LogP) is 3.05. The highest BCUT2D eigenvalue weighted by Crippen LogP contribution is 2.31. The first-order chi connectivity index (χ1) is 9.06. The van der Waals surface area contributed by atoms with E-state index in [1.165, 1.54) is 0 Å². The average Bonchev–Trinajstić information content (AvgIpc) is 2.91. The van der Waals surface area contributed by atoms with Gasteiger partial charge in [-0.25, -0.2) is 4.98 Å². The lowest BCUT2D eigenvalue weighted by Gasteiger charge is -2.16. The lowest BCUT2D eigenvalue weighted by atomic mass is 10.2. The minimum atomic E-state index is -0.220. The van der Waals surface area contributed by atoms with Crippen LogP contribution in [-0.2, 0) is 4.79 Å². The summed E-state index contributed by atoms with van der Waals surface area (Å²) in [6.07, 6.45) is 0.463. The van der Waals surface area contributed by atoms with E-state index in [9.17, 15) is 4.79 Å². The lowest BCUT2D eigenvalue weighted by molar-refractivity contribution is -0.119. The average molecular weight is 298 g/mol. The number of aromatic nitrogens is 2. The quantitative estimate of drug-likeness (QED) is 0.866. The molecule has 1 aromatic heterocycles. The molecule has 4 nitrogen and oxygen atoms in total. The largest absolute Gasteiger partial charge is 0.354 e. The van der Waals surface area contributed by atoms with Crippen LogP contribution in [-0.4, -0.2) is 22.0 Å². The van der Waals surface area contributed by atoms with Crippen molar-refractivity contribution in [2.75, 3.05) is 6.54 Å². The second-order valence-corrected chi connectivity index (χ2v) is 5.84. The Balaban J connectivity index is 2.19. The molecule has 1 saturated heterocycles. The standard InChI is InChI=1S/C13H13Cl2N3O/c1-7(14)13-17-10-4-8(15)2-3-11(10)18(13)9-5-12(19)16-6-9/h2-4,7,9H,5-6H2,1H3,(H,16,19). The van der Waals surface area contributed by atoms with E-state index in [4.69, 9.17) is 23.2 Å². The summed E-state index contributed by atoms with van der Waals surface area (Å²) < 4.78 is 2.06. The van der Waals surface area contributed by atoms with E-state index in [1.54, 1.807) is 0 Å². The van der Waals surface area contributed by atoms with Gasteiger partial charge in [0, 0.05) is 18.0 Å². The third-order valence-electron chi connectivity index (χ3n) is 3.36. The summed E-state index contributed by atoms with van der Waals surface area (Å²) in [4.78, 5) is 16.0. The molecule has 2 heterocycles. The molecule has 1 aliphatic heterocycles. The molecule has 19 heavy (non-hydrogen) atoms. The van der Waals surface area contributed by atoms with Gasteiger partial charge in [-0.05, 0) is 25.1 Å². The van der Waals surface area contributed by atoms with Crippen LogP contribution in [0, 0.1) is 0 Å². The van der Waals surface area contributed by atoms with Gasteiger partial charge in [0.05, 0.1) is 22.5 Å². The van der Waals surface area contributed by atoms with Crippen LogP contribution in [0.3, 0.4) is 0 Å². The Bertz CT molecular complexity index is 651. The van der Waals surface area contributed by atoms with Gasteiger partial charge in [0.15, 0.2) is 0 Å². The lowest BCUT2D eigenvalue weighted by Crippen LogP contribution is -2.17. The Morgan fingerprint density at radius 1 is 1.53 bits per heavy atom. The van der Waals surface area contributed by atoms with Gasteiger partial charge in [0.25, 0.3) is 0 Å². The molecule has 0 radical (unpaired) electrons. The van der Waals surface area contributed by atoms with E-state index in [0.29, 0.717) is 18.0 Å². The second kappa shape index (κ2) is 4.69. The number of hydrogen-bond donors (Lipinski definition) is 1. The molecule has 2 aromatic rings. The van der Waals surface area contributed by atoms with Gasteiger partial charge in [-0.2, -0.15) is 0 Å². The predicted molar refractivity (Wildman–Crippen MR) is 75.7 cm³/mol. The molecular formula is C13H13Cl2N3O. The fraction of sp³-hybridized carbons (Fsp3) is 0.385. The molecule has 0 bridgehead atoms. The van der Waals surface area contributed by atoms with Crippen molar-refractivity contribution < 1.29 is 4.79 Å². The van der Waals surface area contributed by atoms with Crippen LogP contribution in [0.25, 0.3) is 11.0 Å².